The second kappa shape index (κ2) is 8.63. The van der Waals surface area contributed by atoms with Crippen molar-refractivity contribution in [2.45, 2.75) is 31.1 Å². The number of hydrogen-bond donors (Lipinski definition) is 3. The maximum atomic E-state index is 11.3. The third kappa shape index (κ3) is 5.02. The monoisotopic (exact) mass is 468 g/mol. The Labute approximate surface area is 180 Å². The van der Waals surface area contributed by atoms with Crippen LogP contribution in [0.1, 0.15) is 26.5 Å². The average Bonchev–Trinajstić information content (AvgIpc) is 3.23. The molecule has 0 saturated carbocycles. The summed E-state index contributed by atoms with van der Waals surface area (Å²) in [4.78, 5) is -0.341. The van der Waals surface area contributed by atoms with Gasteiger partial charge < -0.3 is 10.3 Å². The molecule has 3 aromatic rings. The van der Waals surface area contributed by atoms with Gasteiger partial charge in [-0.1, -0.05) is 31.0 Å². The van der Waals surface area contributed by atoms with Crippen molar-refractivity contribution in [3.63, 3.8) is 0 Å². The highest BCUT2D eigenvalue weighted by molar-refractivity contribution is 7.99. The Morgan fingerprint density at radius 3 is 2.71 bits per heavy atom. The lowest BCUT2D eigenvalue weighted by Crippen LogP contribution is -2.12. The molecule has 0 aliphatic heterocycles. The molecule has 1 aromatic carbocycles. The molecule has 0 amide bonds. The van der Waals surface area contributed by atoms with E-state index < -0.39 is 15.5 Å². The number of nitrogen functional groups attached to an aromatic ring is 1. The van der Waals surface area contributed by atoms with E-state index in [0.717, 1.165) is 6.07 Å². The topological polar surface area (TPSA) is 188 Å². The number of anilines is 1. The molecule has 0 spiro atoms. The molecular formula is C16H16N6O7S2. The SMILES string of the molecule is CC(C)(C)c1nn(C#CSOOO)c(N)c1N=Nc1noc2cc(S(=O)(=O)O)ccc12. The van der Waals surface area contributed by atoms with Crippen LogP contribution in [0.5, 0.6) is 0 Å². The van der Waals surface area contributed by atoms with Crippen LogP contribution in [-0.2, 0) is 24.9 Å². The van der Waals surface area contributed by atoms with Crippen LogP contribution in [0.15, 0.2) is 37.8 Å². The quantitative estimate of drug-likeness (QED) is 0.0946. The van der Waals surface area contributed by atoms with Crippen LogP contribution in [0.25, 0.3) is 11.0 Å². The zero-order chi connectivity index (χ0) is 22.8. The minimum Gasteiger partial charge on any atom is -0.381 e. The fraction of sp³-hybridized carbons (Fsp3) is 0.250. The second-order valence-electron chi connectivity index (χ2n) is 7.02. The molecule has 0 aliphatic rings. The molecular weight excluding hydrogens is 452 g/mol. The maximum absolute atomic E-state index is 11.3. The van der Waals surface area contributed by atoms with Gasteiger partial charge in [-0.15, -0.1) is 14.6 Å². The molecule has 164 valence electrons. The normalized spacial score (nSPS) is 12.4. The van der Waals surface area contributed by atoms with Gasteiger partial charge in [0.2, 0.25) is 5.82 Å². The van der Waals surface area contributed by atoms with Crippen molar-refractivity contribution in [1.29, 1.82) is 0 Å². The summed E-state index contributed by atoms with van der Waals surface area (Å²) in [5.41, 5.74) is 6.48. The minimum atomic E-state index is -4.39. The van der Waals surface area contributed by atoms with Crippen molar-refractivity contribution in [2.24, 2.45) is 10.2 Å². The van der Waals surface area contributed by atoms with Crippen LogP contribution < -0.4 is 5.73 Å². The molecule has 0 aliphatic carbocycles. The summed E-state index contributed by atoms with van der Waals surface area (Å²) in [5, 5.41) is 30.7. The van der Waals surface area contributed by atoms with Gasteiger partial charge in [-0.2, -0.15) is 18.2 Å². The molecule has 0 unspecified atom stereocenters. The van der Waals surface area contributed by atoms with E-state index in [0.29, 0.717) is 23.1 Å². The summed E-state index contributed by atoms with van der Waals surface area (Å²) in [6.45, 7) is 5.68. The number of azo groups is 1. The highest BCUT2D eigenvalue weighted by Crippen LogP contribution is 2.37. The van der Waals surface area contributed by atoms with E-state index in [1.165, 1.54) is 16.8 Å². The fourth-order valence-electron chi connectivity index (χ4n) is 2.44. The Hall–Kier alpha value is -3.00. The zero-order valence-corrected chi connectivity index (χ0v) is 17.9. The van der Waals surface area contributed by atoms with Crippen LogP contribution in [-0.4, -0.2) is 33.2 Å². The molecule has 0 radical (unpaired) electrons. The lowest BCUT2D eigenvalue weighted by Gasteiger charge is -2.15. The predicted molar refractivity (Wildman–Crippen MR) is 109 cm³/mol. The number of benzene rings is 1. The predicted octanol–water partition coefficient (Wildman–Crippen LogP) is 3.40. The van der Waals surface area contributed by atoms with E-state index in [9.17, 15) is 8.42 Å². The van der Waals surface area contributed by atoms with E-state index in [1.807, 2.05) is 20.8 Å². The standard InChI is InChI=1S/C16H16N6O7S2/c1-16(2,3)13-12(14(17)22(20-13)6-7-30-29-28-23)18-19-15-10-5-4-9(31(24,25)26)8-11(10)27-21-15/h4-5,8,23H,17H2,1-3H3,(H,24,25,26). The van der Waals surface area contributed by atoms with Crippen LogP contribution in [0.4, 0.5) is 17.3 Å². The van der Waals surface area contributed by atoms with Gasteiger partial charge >= 0.3 is 0 Å². The van der Waals surface area contributed by atoms with E-state index in [2.05, 4.69) is 41.2 Å². The Kier molecular flexibility index (Phi) is 6.31. The Bertz CT molecular complexity index is 1310. The van der Waals surface area contributed by atoms with E-state index >= 15 is 0 Å². The van der Waals surface area contributed by atoms with E-state index in [4.69, 9.17) is 20.1 Å². The third-order valence-corrected chi connectivity index (χ3v) is 4.98. The van der Waals surface area contributed by atoms with Gasteiger partial charge in [0, 0.05) is 16.7 Å². The molecule has 0 fully saturated rings. The van der Waals surface area contributed by atoms with E-state index in [-0.39, 0.29) is 27.8 Å². The number of nitrogens with zero attached hydrogens (tertiary/aromatic N) is 5. The molecule has 4 N–H and O–H groups in total. The third-order valence-electron chi connectivity index (χ3n) is 3.83. The number of rotatable bonds is 5. The summed E-state index contributed by atoms with van der Waals surface area (Å²) in [6.07, 6.45) is 0. The maximum Gasteiger partial charge on any atom is 0.294 e. The summed E-state index contributed by atoms with van der Waals surface area (Å²) < 4.78 is 42.1. The summed E-state index contributed by atoms with van der Waals surface area (Å²) >= 11 is 0.508. The number of hydrogen-bond acceptors (Lipinski definition) is 12. The molecule has 15 heteroatoms. The molecule has 31 heavy (non-hydrogen) atoms. The van der Waals surface area contributed by atoms with Gasteiger partial charge in [0.05, 0.1) is 22.0 Å². The summed E-state index contributed by atoms with van der Waals surface area (Å²) in [5.74, 6) is 0.159. The van der Waals surface area contributed by atoms with Gasteiger partial charge in [-0.05, 0) is 12.1 Å². The lowest BCUT2D eigenvalue weighted by molar-refractivity contribution is -0.431. The first-order valence-corrected chi connectivity index (χ1v) is 10.5. The summed E-state index contributed by atoms with van der Waals surface area (Å²) in [7, 11) is -4.39. The van der Waals surface area contributed by atoms with Crippen molar-refractivity contribution < 1.29 is 32.1 Å². The molecule has 3 rings (SSSR count). The van der Waals surface area contributed by atoms with Crippen LogP contribution in [0.3, 0.4) is 0 Å². The van der Waals surface area contributed by atoms with Crippen molar-refractivity contribution in [1.82, 2.24) is 14.9 Å². The van der Waals surface area contributed by atoms with Crippen LogP contribution in [0.2, 0.25) is 0 Å². The van der Waals surface area contributed by atoms with Gasteiger partial charge in [0.1, 0.15) is 12.0 Å². The molecule has 2 heterocycles. The molecule has 13 nitrogen and oxygen atoms in total. The smallest absolute Gasteiger partial charge is 0.294 e. The lowest BCUT2D eigenvalue weighted by atomic mass is 9.91. The first-order valence-electron chi connectivity index (χ1n) is 8.35. The Morgan fingerprint density at radius 1 is 1.32 bits per heavy atom. The number of nitrogens with two attached hydrogens (primary N) is 1. The average molecular weight is 468 g/mol. The molecule has 0 saturated heterocycles. The highest BCUT2D eigenvalue weighted by Gasteiger charge is 2.26. The Balaban J connectivity index is 2.01. The first-order chi connectivity index (χ1) is 14.5. The largest absolute Gasteiger partial charge is 0.381 e. The molecule has 0 bridgehead atoms. The molecule has 2 aromatic heterocycles. The first kappa shape index (κ1) is 22.7. The van der Waals surface area contributed by atoms with Gasteiger partial charge in [0.25, 0.3) is 10.1 Å². The van der Waals surface area contributed by atoms with Gasteiger partial charge in [-0.3, -0.25) is 4.55 Å². The van der Waals surface area contributed by atoms with Crippen LogP contribution in [0, 0.1) is 11.3 Å². The van der Waals surface area contributed by atoms with Gasteiger partial charge in [0.15, 0.2) is 17.1 Å². The van der Waals surface area contributed by atoms with Crippen LogP contribution >= 0.6 is 12.0 Å². The summed E-state index contributed by atoms with van der Waals surface area (Å²) in [6, 6.07) is 6.27. The van der Waals surface area contributed by atoms with Gasteiger partial charge in [-0.25, -0.2) is 5.26 Å². The zero-order valence-electron chi connectivity index (χ0n) is 16.3. The fourth-order valence-corrected chi connectivity index (χ4v) is 3.12. The number of aromatic nitrogens is 3. The molecule has 0 atom stereocenters. The van der Waals surface area contributed by atoms with Crippen molar-refractivity contribution in [3.05, 3.63) is 23.9 Å². The van der Waals surface area contributed by atoms with Crippen molar-refractivity contribution >= 4 is 50.5 Å². The second-order valence-corrected chi connectivity index (χ2v) is 8.95. The highest BCUT2D eigenvalue weighted by atomic mass is 32.2. The van der Waals surface area contributed by atoms with E-state index in [1.54, 1.807) is 0 Å². The number of fused-ring (bicyclic) bond motifs is 1. The van der Waals surface area contributed by atoms with Crippen molar-refractivity contribution in [2.75, 3.05) is 5.73 Å². The Morgan fingerprint density at radius 2 is 2.06 bits per heavy atom. The minimum absolute atomic E-state index is 0.0685. The van der Waals surface area contributed by atoms with Crippen molar-refractivity contribution in [3.8, 4) is 11.3 Å².